The third kappa shape index (κ3) is 3.57. The normalized spacial score (nSPS) is 10.7. The predicted molar refractivity (Wildman–Crippen MR) is 70.5 cm³/mol. The lowest BCUT2D eigenvalue weighted by Crippen LogP contribution is -2.13. The summed E-state index contributed by atoms with van der Waals surface area (Å²) in [6.45, 7) is 1.75. The second-order valence-electron chi connectivity index (χ2n) is 3.01. The number of hydrogen-bond donors (Lipinski definition) is 0. The number of hydrogen-bond acceptors (Lipinski definition) is 3. The Morgan fingerprint density at radius 3 is 2.76 bits per heavy atom. The highest BCUT2D eigenvalue weighted by atomic mass is 127. The van der Waals surface area contributed by atoms with Gasteiger partial charge < -0.3 is 4.74 Å². The monoisotopic (exact) mass is 419 g/mol. The molecule has 0 radical (unpaired) electrons. The van der Waals surface area contributed by atoms with Gasteiger partial charge in [0, 0.05) is 8.90 Å². The van der Waals surface area contributed by atoms with E-state index >= 15 is 0 Å². The van der Waals surface area contributed by atoms with Crippen LogP contribution in [0.1, 0.15) is 35.1 Å². The van der Waals surface area contributed by atoms with E-state index in [-0.39, 0.29) is 12.2 Å². The van der Waals surface area contributed by atoms with Crippen molar-refractivity contribution in [1.82, 2.24) is 4.98 Å². The van der Waals surface area contributed by atoms with E-state index in [2.05, 4.69) is 20.9 Å². The topological polar surface area (TPSA) is 39.2 Å². The van der Waals surface area contributed by atoms with Crippen LogP contribution in [0.4, 0.5) is 8.78 Å². The molecule has 0 saturated heterocycles. The highest BCUT2D eigenvalue weighted by Crippen LogP contribution is 2.27. The molecule has 0 aliphatic carbocycles. The smallest absolute Gasteiger partial charge is 0.341 e. The summed E-state index contributed by atoms with van der Waals surface area (Å²) in [7, 11) is 0. The summed E-state index contributed by atoms with van der Waals surface area (Å²) in [6.07, 6.45) is -2.80. The average molecular weight is 420 g/mol. The molecule has 94 valence electrons. The van der Waals surface area contributed by atoms with Crippen LogP contribution in [0.2, 0.25) is 0 Å². The molecule has 0 spiro atoms. The molecule has 0 aliphatic rings. The number of nitrogens with zero attached hydrogens (tertiary/aromatic N) is 1. The second kappa shape index (κ2) is 6.58. The van der Waals surface area contributed by atoms with Crippen LogP contribution >= 0.6 is 38.5 Å². The molecule has 0 unspecified atom stereocenters. The number of esters is 1. The molecule has 0 bridgehead atoms. The highest BCUT2D eigenvalue weighted by molar-refractivity contribution is 14.1. The van der Waals surface area contributed by atoms with E-state index in [1.54, 1.807) is 13.0 Å². The summed E-state index contributed by atoms with van der Waals surface area (Å²) in [5.74, 6) is -0.763. The van der Waals surface area contributed by atoms with Crippen LogP contribution in [-0.2, 0) is 10.1 Å². The van der Waals surface area contributed by atoms with Gasteiger partial charge in [-0.2, -0.15) is 0 Å². The molecule has 0 amide bonds. The molecule has 7 heteroatoms. The zero-order valence-corrected chi connectivity index (χ0v) is 12.6. The number of carbonyl (C=O) groups excluding carboxylic acids is 1. The van der Waals surface area contributed by atoms with Crippen LogP contribution in [0.15, 0.2) is 6.07 Å². The lowest BCUT2D eigenvalue weighted by atomic mass is 10.2. The van der Waals surface area contributed by atoms with Crippen LogP contribution in [0.5, 0.6) is 0 Å². The molecule has 1 aromatic rings. The molecule has 0 aliphatic heterocycles. The Balaban J connectivity index is 3.31. The van der Waals surface area contributed by atoms with Gasteiger partial charge in [-0.3, -0.25) is 0 Å². The summed E-state index contributed by atoms with van der Waals surface area (Å²) in [6, 6.07) is 1.58. The Hall–Kier alpha value is -0.310. The lowest BCUT2D eigenvalue weighted by molar-refractivity contribution is 0.0512. The quantitative estimate of drug-likeness (QED) is 0.424. The van der Waals surface area contributed by atoms with Gasteiger partial charge in [0.25, 0.3) is 6.43 Å². The first-order valence-corrected chi connectivity index (χ1v) is 6.91. The summed E-state index contributed by atoms with van der Waals surface area (Å²) in [4.78, 5) is 15.3. The number of aromatic nitrogens is 1. The fourth-order valence-electron chi connectivity index (χ4n) is 1.22. The van der Waals surface area contributed by atoms with Crippen molar-refractivity contribution in [2.24, 2.45) is 0 Å². The maximum absolute atomic E-state index is 12.8. The average Bonchev–Trinajstić information content (AvgIpc) is 2.27. The third-order valence-corrected chi connectivity index (χ3v) is 3.30. The second-order valence-corrected chi connectivity index (χ2v) is 4.73. The van der Waals surface area contributed by atoms with Gasteiger partial charge >= 0.3 is 5.97 Å². The number of alkyl halides is 3. The predicted octanol–water partition coefficient (Wildman–Crippen LogP) is 3.70. The summed E-state index contributed by atoms with van der Waals surface area (Å²) in [5, 5.41) is 0.353. The number of carbonyl (C=O) groups is 1. The standard InChI is InChI=1S/C10H9BrF2INO2/c1-2-17-10(16)7-6(14)3-5(4-11)15-8(7)9(12)13/h3,9H,2,4H2,1H3. The minimum atomic E-state index is -2.80. The van der Waals surface area contributed by atoms with E-state index in [0.29, 0.717) is 14.6 Å². The van der Waals surface area contributed by atoms with Crippen LogP contribution in [0, 0.1) is 3.57 Å². The molecule has 1 aromatic heterocycles. The lowest BCUT2D eigenvalue weighted by Gasteiger charge is -2.11. The number of ether oxygens (including phenoxy) is 1. The molecular weight excluding hydrogens is 411 g/mol. The zero-order valence-electron chi connectivity index (χ0n) is 8.84. The number of halogens is 4. The van der Waals surface area contributed by atoms with Gasteiger partial charge in [-0.15, -0.1) is 0 Å². The Bertz CT molecular complexity index is 429. The summed E-state index contributed by atoms with van der Waals surface area (Å²) in [5.41, 5.74) is -0.213. The highest BCUT2D eigenvalue weighted by Gasteiger charge is 2.24. The van der Waals surface area contributed by atoms with Gasteiger partial charge in [0.2, 0.25) is 0 Å². The van der Waals surface area contributed by atoms with Crippen molar-refractivity contribution in [2.75, 3.05) is 6.61 Å². The third-order valence-electron chi connectivity index (χ3n) is 1.88. The first kappa shape index (κ1) is 14.7. The molecule has 0 atom stereocenters. The van der Waals surface area contributed by atoms with Crippen LogP contribution < -0.4 is 0 Å². The van der Waals surface area contributed by atoms with E-state index in [1.807, 2.05) is 22.6 Å². The van der Waals surface area contributed by atoms with E-state index in [1.165, 1.54) is 0 Å². The van der Waals surface area contributed by atoms with Crippen molar-refractivity contribution < 1.29 is 18.3 Å². The molecule has 1 heterocycles. The fourth-order valence-corrected chi connectivity index (χ4v) is 2.36. The summed E-state index contributed by atoms with van der Waals surface area (Å²) < 4.78 is 30.8. The minimum absolute atomic E-state index is 0.137. The molecule has 0 N–H and O–H groups in total. The Labute approximate surface area is 119 Å². The Morgan fingerprint density at radius 2 is 2.29 bits per heavy atom. The van der Waals surface area contributed by atoms with Crippen molar-refractivity contribution in [3.8, 4) is 0 Å². The molecule has 0 saturated carbocycles. The zero-order chi connectivity index (χ0) is 13.0. The Morgan fingerprint density at radius 1 is 1.65 bits per heavy atom. The van der Waals surface area contributed by atoms with Gasteiger partial charge in [0.15, 0.2) is 0 Å². The molecule has 17 heavy (non-hydrogen) atoms. The SMILES string of the molecule is CCOC(=O)c1c(I)cc(CBr)nc1C(F)F. The molecule has 0 fully saturated rings. The van der Waals surface area contributed by atoms with Crippen molar-refractivity contribution in [3.05, 3.63) is 26.6 Å². The fraction of sp³-hybridized carbons (Fsp3) is 0.400. The maximum atomic E-state index is 12.8. The van der Waals surface area contributed by atoms with E-state index in [9.17, 15) is 13.6 Å². The van der Waals surface area contributed by atoms with Crippen LogP contribution in [-0.4, -0.2) is 17.6 Å². The molecule has 0 aromatic carbocycles. The van der Waals surface area contributed by atoms with Crippen LogP contribution in [0.25, 0.3) is 0 Å². The van der Waals surface area contributed by atoms with Crippen molar-refractivity contribution in [1.29, 1.82) is 0 Å². The van der Waals surface area contributed by atoms with Gasteiger partial charge in [0.05, 0.1) is 12.3 Å². The maximum Gasteiger partial charge on any atom is 0.341 e. The summed E-state index contributed by atoms with van der Waals surface area (Å²) >= 11 is 4.97. The molecular formula is C10H9BrF2INO2. The first-order chi connectivity index (χ1) is 8.01. The Kier molecular flexibility index (Phi) is 5.71. The van der Waals surface area contributed by atoms with Crippen LogP contribution in [0.3, 0.4) is 0 Å². The van der Waals surface area contributed by atoms with Gasteiger partial charge in [0.1, 0.15) is 11.3 Å². The van der Waals surface area contributed by atoms with Gasteiger partial charge in [-0.25, -0.2) is 18.6 Å². The number of rotatable bonds is 4. The molecule has 1 rings (SSSR count). The van der Waals surface area contributed by atoms with Gasteiger partial charge in [-0.05, 0) is 35.6 Å². The van der Waals surface area contributed by atoms with Gasteiger partial charge in [-0.1, -0.05) is 15.9 Å². The largest absolute Gasteiger partial charge is 0.462 e. The van der Waals surface area contributed by atoms with E-state index < -0.39 is 18.1 Å². The molecule has 3 nitrogen and oxygen atoms in total. The first-order valence-electron chi connectivity index (χ1n) is 4.71. The number of pyridine rings is 1. The van der Waals surface area contributed by atoms with Crippen molar-refractivity contribution in [3.63, 3.8) is 0 Å². The van der Waals surface area contributed by atoms with E-state index in [0.717, 1.165) is 0 Å². The van der Waals surface area contributed by atoms with Crippen molar-refractivity contribution in [2.45, 2.75) is 18.7 Å². The van der Waals surface area contributed by atoms with Crippen molar-refractivity contribution >= 4 is 44.5 Å². The van der Waals surface area contributed by atoms with E-state index in [4.69, 9.17) is 4.74 Å². The minimum Gasteiger partial charge on any atom is -0.462 e.